The highest BCUT2D eigenvalue weighted by atomic mass is 19.1. The molecule has 2 aromatic rings. The molecule has 1 aliphatic heterocycles. The Bertz CT molecular complexity index is 849. The third kappa shape index (κ3) is 2.31. The zero-order valence-corrected chi connectivity index (χ0v) is 11.3. The Morgan fingerprint density at radius 1 is 1.27 bits per heavy atom. The van der Waals surface area contributed by atoms with E-state index in [-0.39, 0.29) is 11.1 Å². The number of benzene rings is 2. The zero-order chi connectivity index (χ0) is 15.7. The van der Waals surface area contributed by atoms with Gasteiger partial charge in [-0.1, -0.05) is 6.07 Å². The summed E-state index contributed by atoms with van der Waals surface area (Å²) in [5.74, 6) is -1.06. The minimum atomic E-state index is -1.04. The number of carboxylic acid groups (broad SMARTS) is 1. The van der Waals surface area contributed by atoms with E-state index in [0.717, 1.165) is 5.57 Å². The van der Waals surface area contributed by atoms with Gasteiger partial charge in [0.15, 0.2) is 0 Å². The lowest BCUT2D eigenvalue weighted by Gasteiger charge is -2.19. The van der Waals surface area contributed by atoms with Gasteiger partial charge in [0.1, 0.15) is 24.2 Å². The summed E-state index contributed by atoms with van der Waals surface area (Å²) in [5.41, 5.74) is 2.06. The van der Waals surface area contributed by atoms with E-state index in [4.69, 9.17) is 15.1 Å². The Kier molecular flexibility index (Phi) is 3.36. The summed E-state index contributed by atoms with van der Waals surface area (Å²) in [6, 6.07) is 10.6. The normalized spacial score (nSPS) is 12.6. The van der Waals surface area contributed by atoms with Gasteiger partial charge in [0.25, 0.3) is 0 Å². The molecule has 5 heteroatoms. The Morgan fingerprint density at radius 2 is 2.09 bits per heavy atom. The number of hydrogen-bond donors (Lipinski definition) is 1. The van der Waals surface area contributed by atoms with Crippen molar-refractivity contribution >= 4 is 11.5 Å². The Morgan fingerprint density at radius 3 is 2.82 bits per heavy atom. The van der Waals surface area contributed by atoms with Crippen LogP contribution in [0.25, 0.3) is 5.57 Å². The van der Waals surface area contributed by atoms with E-state index in [0.29, 0.717) is 23.5 Å². The summed E-state index contributed by atoms with van der Waals surface area (Å²) < 4.78 is 18.9. The van der Waals surface area contributed by atoms with E-state index >= 15 is 0 Å². The number of carboxylic acids is 1. The fourth-order valence-corrected chi connectivity index (χ4v) is 2.38. The number of ether oxygens (including phenoxy) is 1. The Balaban J connectivity index is 2.14. The number of halogens is 1. The molecular weight excluding hydrogens is 285 g/mol. The van der Waals surface area contributed by atoms with Crippen LogP contribution in [0, 0.1) is 17.1 Å². The average molecular weight is 295 g/mol. The summed E-state index contributed by atoms with van der Waals surface area (Å²) in [5, 5.41) is 18.1. The van der Waals surface area contributed by atoms with Crippen molar-refractivity contribution in [1.82, 2.24) is 0 Å². The average Bonchev–Trinajstić information content (AvgIpc) is 2.54. The largest absolute Gasteiger partial charge is 0.489 e. The molecule has 2 aromatic carbocycles. The van der Waals surface area contributed by atoms with Crippen LogP contribution < -0.4 is 4.74 Å². The van der Waals surface area contributed by atoms with Crippen LogP contribution in [0.2, 0.25) is 0 Å². The fourth-order valence-electron chi connectivity index (χ4n) is 2.38. The topological polar surface area (TPSA) is 70.3 Å². The van der Waals surface area contributed by atoms with E-state index in [9.17, 15) is 9.18 Å². The maximum absolute atomic E-state index is 13.5. The van der Waals surface area contributed by atoms with Crippen LogP contribution in [0.1, 0.15) is 27.0 Å². The molecule has 0 saturated heterocycles. The van der Waals surface area contributed by atoms with Gasteiger partial charge in [-0.3, -0.25) is 0 Å². The predicted octanol–water partition coefficient (Wildman–Crippen LogP) is 3.22. The van der Waals surface area contributed by atoms with Crippen LogP contribution in [-0.2, 0) is 0 Å². The van der Waals surface area contributed by atoms with Crippen LogP contribution in [0.5, 0.6) is 5.75 Å². The lowest BCUT2D eigenvalue weighted by Crippen LogP contribution is -2.07. The Hall–Kier alpha value is -3.13. The van der Waals surface area contributed by atoms with Crippen molar-refractivity contribution in [2.75, 3.05) is 6.61 Å². The number of carbonyl (C=O) groups is 1. The number of hydrogen-bond acceptors (Lipinski definition) is 3. The summed E-state index contributed by atoms with van der Waals surface area (Å²) in [6.07, 6.45) is 1.78. The molecule has 1 N–H and O–H groups in total. The van der Waals surface area contributed by atoms with Crippen molar-refractivity contribution in [2.24, 2.45) is 0 Å². The number of nitriles is 1. The molecular formula is C17H10FNO3. The second kappa shape index (κ2) is 5.34. The van der Waals surface area contributed by atoms with Gasteiger partial charge < -0.3 is 9.84 Å². The van der Waals surface area contributed by atoms with Gasteiger partial charge >= 0.3 is 5.97 Å². The van der Waals surface area contributed by atoms with Gasteiger partial charge in [0, 0.05) is 5.56 Å². The number of aromatic carboxylic acids is 1. The minimum Gasteiger partial charge on any atom is -0.489 e. The predicted molar refractivity (Wildman–Crippen MR) is 77.1 cm³/mol. The molecule has 0 unspecified atom stereocenters. The van der Waals surface area contributed by atoms with E-state index in [1.165, 1.54) is 24.3 Å². The van der Waals surface area contributed by atoms with Crippen LogP contribution >= 0.6 is 0 Å². The van der Waals surface area contributed by atoms with Crippen LogP contribution in [0.4, 0.5) is 4.39 Å². The van der Waals surface area contributed by atoms with Crippen molar-refractivity contribution in [1.29, 1.82) is 5.26 Å². The van der Waals surface area contributed by atoms with Crippen molar-refractivity contribution in [3.05, 3.63) is 70.5 Å². The first-order valence-electron chi connectivity index (χ1n) is 6.51. The molecule has 0 atom stereocenters. The van der Waals surface area contributed by atoms with Crippen LogP contribution in [-0.4, -0.2) is 17.7 Å². The summed E-state index contributed by atoms with van der Waals surface area (Å²) >= 11 is 0. The molecule has 22 heavy (non-hydrogen) atoms. The third-order valence-corrected chi connectivity index (χ3v) is 3.44. The molecule has 0 amide bonds. The summed E-state index contributed by atoms with van der Waals surface area (Å²) in [4.78, 5) is 11.1. The van der Waals surface area contributed by atoms with Gasteiger partial charge in [-0.25, -0.2) is 9.18 Å². The molecule has 1 heterocycles. The summed E-state index contributed by atoms with van der Waals surface area (Å²) in [7, 11) is 0. The number of rotatable bonds is 2. The third-order valence-electron chi connectivity index (χ3n) is 3.44. The van der Waals surface area contributed by atoms with Gasteiger partial charge in [-0.2, -0.15) is 5.26 Å². The van der Waals surface area contributed by atoms with E-state index in [2.05, 4.69) is 0 Å². The van der Waals surface area contributed by atoms with Crippen molar-refractivity contribution < 1.29 is 19.0 Å². The SMILES string of the molecule is N#Cc1cc(C2=CCOc3ccc(C(=O)O)cc32)ccc1F. The molecule has 0 aliphatic carbocycles. The summed E-state index contributed by atoms with van der Waals surface area (Å²) in [6.45, 7) is 0.327. The van der Waals surface area contributed by atoms with E-state index in [1.54, 1.807) is 24.3 Å². The van der Waals surface area contributed by atoms with Crippen molar-refractivity contribution in [3.63, 3.8) is 0 Å². The highest BCUT2D eigenvalue weighted by Gasteiger charge is 2.18. The van der Waals surface area contributed by atoms with Gasteiger partial charge in [-0.15, -0.1) is 0 Å². The van der Waals surface area contributed by atoms with Gasteiger partial charge in [0.2, 0.25) is 0 Å². The first-order chi connectivity index (χ1) is 10.6. The smallest absolute Gasteiger partial charge is 0.335 e. The molecule has 3 rings (SSSR count). The standard InChI is InChI=1S/C17H10FNO3/c18-15-3-1-10(7-12(15)9-19)13-5-6-22-16-4-2-11(17(20)21)8-14(13)16/h1-5,7-8H,6H2,(H,20,21). The van der Waals surface area contributed by atoms with Crippen molar-refractivity contribution in [3.8, 4) is 11.8 Å². The quantitative estimate of drug-likeness (QED) is 0.923. The monoisotopic (exact) mass is 295 g/mol. The molecule has 1 aliphatic rings. The molecule has 0 spiro atoms. The Labute approximate surface area is 125 Å². The lowest BCUT2D eigenvalue weighted by atomic mass is 9.93. The molecule has 0 radical (unpaired) electrons. The molecule has 0 saturated carbocycles. The van der Waals surface area contributed by atoms with Crippen molar-refractivity contribution in [2.45, 2.75) is 0 Å². The lowest BCUT2D eigenvalue weighted by molar-refractivity contribution is 0.0697. The zero-order valence-electron chi connectivity index (χ0n) is 11.3. The molecule has 0 aromatic heterocycles. The highest BCUT2D eigenvalue weighted by Crippen LogP contribution is 2.35. The maximum atomic E-state index is 13.5. The molecule has 0 bridgehead atoms. The highest BCUT2D eigenvalue weighted by molar-refractivity contribution is 5.92. The number of fused-ring (bicyclic) bond motifs is 1. The first kappa shape index (κ1) is 13.8. The first-order valence-corrected chi connectivity index (χ1v) is 6.51. The van der Waals surface area contributed by atoms with Crippen LogP contribution in [0.3, 0.4) is 0 Å². The second-order valence-corrected chi connectivity index (χ2v) is 4.75. The maximum Gasteiger partial charge on any atom is 0.335 e. The molecule has 108 valence electrons. The van der Waals surface area contributed by atoms with Gasteiger partial charge in [-0.05, 0) is 47.5 Å². The van der Waals surface area contributed by atoms with Crippen LogP contribution in [0.15, 0.2) is 42.5 Å². The van der Waals surface area contributed by atoms with E-state index in [1.807, 2.05) is 0 Å². The minimum absolute atomic E-state index is 0.0548. The fraction of sp³-hybridized carbons (Fsp3) is 0.0588. The number of nitrogens with zero attached hydrogens (tertiary/aromatic N) is 1. The molecule has 4 nitrogen and oxygen atoms in total. The molecule has 0 fully saturated rings. The van der Waals surface area contributed by atoms with Gasteiger partial charge in [0.05, 0.1) is 11.1 Å². The second-order valence-electron chi connectivity index (χ2n) is 4.75. The van der Waals surface area contributed by atoms with E-state index < -0.39 is 11.8 Å².